The van der Waals surface area contributed by atoms with Crippen molar-refractivity contribution >= 4 is 23.1 Å². The number of ketones is 4. The van der Waals surface area contributed by atoms with Crippen LogP contribution in [0.2, 0.25) is 0 Å². The van der Waals surface area contributed by atoms with Crippen molar-refractivity contribution in [2.75, 3.05) is 28.4 Å². The average molecular weight is 571 g/mol. The number of hydrogen-bond donors (Lipinski definition) is 2. The van der Waals surface area contributed by atoms with Crippen LogP contribution in [-0.4, -0.2) is 61.8 Å². The van der Waals surface area contributed by atoms with Crippen molar-refractivity contribution < 1.29 is 48.3 Å². The highest BCUT2D eigenvalue weighted by Crippen LogP contribution is 2.43. The maximum absolute atomic E-state index is 13.2. The molecule has 0 radical (unpaired) electrons. The van der Waals surface area contributed by atoms with Gasteiger partial charge in [-0.1, -0.05) is 0 Å². The minimum absolute atomic E-state index is 0.0515. The van der Waals surface area contributed by atoms with Crippen molar-refractivity contribution in [2.24, 2.45) is 0 Å². The van der Waals surface area contributed by atoms with E-state index in [0.29, 0.717) is 11.1 Å². The first-order valence-corrected chi connectivity index (χ1v) is 12.4. The molecule has 0 amide bonds. The molecule has 0 saturated carbocycles. The summed E-state index contributed by atoms with van der Waals surface area (Å²) in [7, 11) is 5.42. The minimum Gasteiger partial charge on any atom is -0.508 e. The van der Waals surface area contributed by atoms with Crippen molar-refractivity contribution in [3.05, 3.63) is 95.1 Å². The molecular weight excluding hydrogens is 544 g/mol. The first-order chi connectivity index (χ1) is 20.1. The molecule has 0 atom stereocenters. The summed E-state index contributed by atoms with van der Waals surface area (Å²) in [5, 5.41) is 19.0. The summed E-state index contributed by atoms with van der Waals surface area (Å²) in [5.74, 6) is -2.98. The molecule has 2 N–H and O–H groups in total. The molecule has 0 heterocycles. The highest BCUT2D eigenvalue weighted by atomic mass is 16.5. The Morgan fingerprint density at radius 3 is 1.05 bits per heavy atom. The number of ether oxygens (including phenoxy) is 4. The Labute approximate surface area is 240 Å². The van der Waals surface area contributed by atoms with E-state index < -0.39 is 23.1 Å². The van der Waals surface area contributed by atoms with Gasteiger partial charge in [0.2, 0.25) is 23.1 Å². The average Bonchev–Trinajstić information content (AvgIpc) is 3.02. The highest BCUT2D eigenvalue weighted by Gasteiger charge is 2.28. The molecule has 0 bridgehead atoms. The van der Waals surface area contributed by atoms with E-state index in [-0.39, 0.29) is 56.8 Å². The summed E-state index contributed by atoms with van der Waals surface area (Å²) in [4.78, 5) is 52.2. The molecule has 0 aliphatic heterocycles. The Kier molecular flexibility index (Phi) is 8.56. The van der Waals surface area contributed by atoms with Gasteiger partial charge < -0.3 is 29.2 Å². The van der Waals surface area contributed by atoms with Crippen molar-refractivity contribution in [3.63, 3.8) is 0 Å². The maximum Gasteiger partial charge on any atom is 0.237 e. The SMILES string of the molecule is COc1cc(-c2cc(OC)c(C(=O)C(=O)c3ccc(O)cc3)cc2OC)c(OC)cc1C(=O)C(=O)c1ccc(O)cc1. The third kappa shape index (κ3) is 5.64. The number of methoxy groups -OCH3 is 4. The van der Waals surface area contributed by atoms with Gasteiger partial charge in [0.1, 0.15) is 34.5 Å². The van der Waals surface area contributed by atoms with Gasteiger partial charge in [0.15, 0.2) is 0 Å². The molecule has 4 aromatic carbocycles. The molecule has 0 aliphatic rings. The van der Waals surface area contributed by atoms with Gasteiger partial charge in [-0.25, -0.2) is 0 Å². The first-order valence-electron chi connectivity index (χ1n) is 12.4. The Hall–Kier alpha value is -5.64. The van der Waals surface area contributed by atoms with Gasteiger partial charge in [-0.05, 0) is 72.8 Å². The van der Waals surface area contributed by atoms with Gasteiger partial charge in [0.05, 0.1) is 39.6 Å². The van der Waals surface area contributed by atoms with Crippen LogP contribution in [0.3, 0.4) is 0 Å². The lowest BCUT2D eigenvalue weighted by Crippen LogP contribution is -2.16. The predicted molar refractivity (Wildman–Crippen MR) is 152 cm³/mol. The number of Topliss-reactive ketones (excluding diaryl/α,β-unsaturated/α-hetero) is 4. The second-order valence-electron chi connectivity index (χ2n) is 8.92. The fourth-order valence-electron chi connectivity index (χ4n) is 4.30. The second kappa shape index (κ2) is 12.3. The van der Waals surface area contributed by atoms with Crippen LogP contribution < -0.4 is 18.9 Å². The molecular formula is C32H26O10. The number of rotatable bonds is 11. The molecule has 0 aliphatic carbocycles. The lowest BCUT2D eigenvalue weighted by Gasteiger charge is -2.18. The van der Waals surface area contributed by atoms with Gasteiger partial charge in [0.25, 0.3) is 0 Å². The lowest BCUT2D eigenvalue weighted by molar-refractivity contribution is 0.0815. The number of phenolic OH excluding ortho intramolecular Hbond substituents is 2. The van der Waals surface area contributed by atoms with Crippen molar-refractivity contribution in [2.45, 2.75) is 0 Å². The highest BCUT2D eigenvalue weighted by molar-refractivity contribution is 6.50. The summed E-state index contributed by atoms with van der Waals surface area (Å²) in [6.07, 6.45) is 0. The van der Waals surface area contributed by atoms with Crippen molar-refractivity contribution in [1.29, 1.82) is 0 Å². The van der Waals surface area contributed by atoms with E-state index in [1.165, 1.54) is 101 Å². The Morgan fingerprint density at radius 1 is 0.452 bits per heavy atom. The van der Waals surface area contributed by atoms with Crippen LogP contribution >= 0.6 is 0 Å². The van der Waals surface area contributed by atoms with Crippen LogP contribution in [0.5, 0.6) is 34.5 Å². The van der Waals surface area contributed by atoms with E-state index in [4.69, 9.17) is 18.9 Å². The van der Waals surface area contributed by atoms with E-state index in [0.717, 1.165) is 0 Å². The summed E-state index contributed by atoms with van der Waals surface area (Å²) in [6.45, 7) is 0. The van der Waals surface area contributed by atoms with Gasteiger partial charge in [-0.15, -0.1) is 0 Å². The first kappa shape index (κ1) is 29.3. The fourth-order valence-corrected chi connectivity index (χ4v) is 4.30. The van der Waals surface area contributed by atoms with E-state index in [2.05, 4.69) is 0 Å². The number of carbonyl (C=O) groups is 4. The van der Waals surface area contributed by atoms with Gasteiger partial charge >= 0.3 is 0 Å². The molecule has 4 rings (SSSR count). The zero-order valence-electron chi connectivity index (χ0n) is 23.1. The van der Waals surface area contributed by atoms with Crippen LogP contribution in [0.25, 0.3) is 11.1 Å². The standard InChI is InChI=1S/C32H26O10/c1-39-25-15-23(31(37)29(35)17-5-9-19(33)10-6-17)27(41-3)13-21(25)22-14-28(42-4)24(16-26(22)40-2)32(38)30(36)18-7-11-20(34)12-8-18/h5-16,33-34H,1-4H3. The van der Waals surface area contributed by atoms with Gasteiger partial charge in [-0.3, -0.25) is 19.2 Å². The lowest BCUT2D eigenvalue weighted by atomic mass is 9.93. The zero-order chi connectivity index (χ0) is 30.6. The molecule has 214 valence electrons. The van der Waals surface area contributed by atoms with Gasteiger partial charge in [0, 0.05) is 22.3 Å². The van der Waals surface area contributed by atoms with Crippen LogP contribution in [0.4, 0.5) is 0 Å². The van der Waals surface area contributed by atoms with E-state index in [1.54, 1.807) is 0 Å². The third-order valence-corrected chi connectivity index (χ3v) is 6.49. The quantitative estimate of drug-likeness (QED) is 0.188. The van der Waals surface area contributed by atoms with E-state index in [1.807, 2.05) is 0 Å². The van der Waals surface area contributed by atoms with Crippen molar-refractivity contribution in [1.82, 2.24) is 0 Å². The molecule has 0 saturated heterocycles. The topological polar surface area (TPSA) is 146 Å². The van der Waals surface area contributed by atoms with Crippen LogP contribution in [-0.2, 0) is 0 Å². The van der Waals surface area contributed by atoms with Crippen LogP contribution in [0, 0.1) is 0 Å². The summed E-state index contributed by atoms with van der Waals surface area (Å²) >= 11 is 0. The Bertz CT molecular complexity index is 1560. The largest absolute Gasteiger partial charge is 0.508 e. The Balaban J connectivity index is 1.80. The summed E-state index contributed by atoms with van der Waals surface area (Å²) < 4.78 is 22.0. The number of carbonyl (C=O) groups excluding carboxylic acids is 4. The molecule has 4 aromatic rings. The normalized spacial score (nSPS) is 10.5. The molecule has 10 heteroatoms. The number of phenols is 2. The third-order valence-electron chi connectivity index (χ3n) is 6.49. The summed E-state index contributed by atoms with van der Waals surface area (Å²) in [5.41, 5.74) is 0.790. The van der Waals surface area contributed by atoms with E-state index in [9.17, 15) is 29.4 Å². The smallest absolute Gasteiger partial charge is 0.237 e. The number of benzene rings is 4. The molecule has 0 fully saturated rings. The van der Waals surface area contributed by atoms with E-state index >= 15 is 0 Å². The molecule has 0 spiro atoms. The second-order valence-corrected chi connectivity index (χ2v) is 8.92. The fraction of sp³-hybridized carbons (Fsp3) is 0.125. The van der Waals surface area contributed by atoms with Gasteiger partial charge in [-0.2, -0.15) is 0 Å². The number of aromatic hydroxyl groups is 2. The Morgan fingerprint density at radius 2 is 0.762 bits per heavy atom. The monoisotopic (exact) mass is 570 g/mol. The predicted octanol–water partition coefficient (Wildman–Crippen LogP) is 4.93. The molecule has 0 unspecified atom stereocenters. The minimum atomic E-state index is -0.861. The molecule has 42 heavy (non-hydrogen) atoms. The molecule has 0 aromatic heterocycles. The molecule has 10 nitrogen and oxygen atoms in total. The number of hydrogen-bond acceptors (Lipinski definition) is 10. The zero-order valence-corrected chi connectivity index (χ0v) is 23.1. The maximum atomic E-state index is 13.2. The van der Waals surface area contributed by atoms with Crippen LogP contribution in [0.1, 0.15) is 41.4 Å². The van der Waals surface area contributed by atoms with Crippen LogP contribution in [0.15, 0.2) is 72.8 Å². The van der Waals surface area contributed by atoms with Crippen molar-refractivity contribution in [3.8, 4) is 45.6 Å². The summed E-state index contributed by atoms with van der Waals surface area (Å²) in [6, 6.07) is 16.2.